The Morgan fingerprint density at radius 3 is 3.08 bits per heavy atom. The summed E-state index contributed by atoms with van der Waals surface area (Å²) in [4.78, 5) is 12.2. The molecule has 0 aliphatic carbocycles. The number of ether oxygens (including phenoxy) is 2. The Hall–Kier alpha value is -2.18. The van der Waals surface area contributed by atoms with E-state index in [4.69, 9.17) is 9.47 Å². The van der Waals surface area contributed by atoms with Crippen LogP contribution in [0.2, 0.25) is 0 Å². The number of aromatic nitrogens is 2. The summed E-state index contributed by atoms with van der Waals surface area (Å²) in [5.74, 6) is 0.279. The molecule has 2 N–H and O–H groups in total. The first-order chi connectivity index (χ1) is 11.6. The van der Waals surface area contributed by atoms with Crippen LogP contribution in [0.5, 0.6) is 0 Å². The molecule has 1 amide bonds. The van der Waals surface area contributed by atoms with Crippen molar-refractivity contribution in [3.05, 3.63) is 35.9 Å². The Kier molecular flexibility index (Phi) is 5.27. The molecule has 1 aromatic heterocycles. The number of benzene rings is 1. The minimum absolute atomic E-state index is 0.110. The van der Waals surface area contributed by atoms with Crippen LogP contribution in [0, 0.1) is 6.92 Å². The molecule has 1 aromatic carbocycles. The molecule has 2 aromatic rings. The number of carbonyl (C=O) groups is 1. The van der Waals surface area contributed by atoms with Gasteiger partial charge in [0.25, 0.3) is 5.91 Å². The van der Waals surface area contributed by atoms with Crippen LogP contribution in [-0.2, 0) is 14.3 Å². The largest absolute Gasteiger partial charge is 0.376 e. The van der Waals surface area contributed by atoms with Crippen molar-refractivity contribution in [2.24, 2.45) is 0 Å². The molecule has 0 saturated carbocycles. The normalized spacial score (nSPS) is 18.5. The van der Waals surface area contributed by atoms with E-state index >= 15 is 0 Å². The third kappa shape index (κ3) is 4.01. The Bertz CT molecular complexity index is 692. The number of hydrogen-bond donors (Lipinski definition) is 2. The molecule has 2 atom stereocenters. The van der Waals surface area contributed by atoms with Crippen LogP contribution in [0.15, 0.2) is 30.3 Å². The molecule has 1 aliphatic rings. The molecular weight excluding hydrogens is 306 g/mol. The fraction of sp³-hybridized carbons (Fsp3) is 0.444. The first-order valence-electron chi connectivity index (χ1n) is 8.29. The maximum absolute atomic E-state index is 12.2. The highest BCUT2D eigenvalue weighted by atomic mass is 16.5. The van der Waals surface area contributed by atoms with Gasteiger partial charge in [-0.3, -0.25) is 9.89 Å². The molecule has 1 aliphatic heterocycles. The molecule has 1 fully saturated rings. The Balaban J connectivity index is 1.55. The van der Waals surface area contributed by atoms with Gasteiger partial charge >= 0.3 is 0 Å². The SMILES string of the molecule is Cc1ccccc1-c1cc(NC(=O)C(C)OCC2CCCO2)n[nH]1. The van der Waals surface area contributed by atoms with Crippen LogP contribution in [0.3, 0.4) is 0 Å². The van der Waals surface area contributed by atoms with Crippen molar-refractivity contribution in [3.63, 3.8) is 0 Å². The zero-order chi connectivity index (χ0) is 16.9. The Labute approximate surface area is 141 Å². The molecule has 2 heterocycles. The average Bonchev–Trinajstić information content (AvgIpc) is 3.24. The van der Waals surface area contributed by atoms with E-state index < -0.39 is 6.10 Å². The Morgan fingerprint density at radius 1 is 1.50 bits per heavy atom. The van der Waals surface area contributed by atoms with Crippen LogP contribution in [0.25, 0.3) is 11.3 Å². The van der Waals surface area contributed by atoms with Gasteiger partial charge in [0.15, 0.2) is 5.82 Å². The van der Waals surface area contributed by atoms with Crippen molar-refractivity contribution in [2.75, 3.05) is 18.5 Å². The number of aryl methyl sites for hydroxylation is 1. The van der Waals surface area contributed by atoms with Gasteiger partial charge in [-0.15, -0.1) is 0 Å². The fourth-order valence-electron chi connectivity index (χ4n) is 2.73. The summed E-state index contributed by atoms with van der Waals surface area (Å²) in [6.45, 7) is 5.00. The number of aromatic amines is 1. The quantitative estimate of drug-likeness (QED) is 0.854. The highest BCUT2D eigenvalue weighted by Gasteiger charge is 2.20. The number of rotatable bonds is 6. The average molecular weight is 329 g/mol. The number of nitrogens with one attached hydrogen (secondary N) is 2. The van der Waals surface area contributed by atoms with E-state index in [1.165, 1.54) is 0 Å². The fourth-order valence-corrected chi connectivity index (χ4v) is 2.73. The monoisotopic (exact) mass is 329 g/mol. The van der Waals surface area contributed by atoms with E-state index in [0.717, 1.165) is 36.3 Å². The number of carbonyl (C=O) groups excluding carboxylic acids is 1. The van der Waals surface area contributed by atoms with E-state index in [1.54, 1.807) is 6.92 Å². The molecule has 24 heavy (non-hydrogen) atoms. The van der Waals surface area contributed by atoms with Crippen LogP contribution < -0.4 is 5.32 Å². The molecule has 6 nitrogen and oxygen atoms in total. The lowest BCUT2D eigenvalue weighted by Crippen LogP contribution is -2.30. The van der Waals surface area contributed by atoms with Gasteiger partial charge in [-0.1, -0.05) is 24.3 Å². The van der Waals surface area contributed by atoms with Crippen molar-refractivity contribution < 1.29 is 14.3 Å². The molecule has 3 rings (SSSR count). The zero-order valence-electron chi connectivity index (χ0n) is 14.0. The first kappa shape index (κ1) is 16.7. The van der Waals surface area contributed by atoms with Crippen LogP contribution in [0.1, 0.15) is 25.3 Å². The maximum atomic E-state index is 12.2. The molecule has 2 unspecified atom stereocenters. The van der Waals surface area contributed by atoms with E-state index in [9.17, 15) is 4.79 Å². The lowest BCUT2D eigenvalue weighted by Gasteiger charge is -2.15. The molecule has 6 heteroatoms. The summed E-state index contributed by atoms with van der Waals surface area (Å²) in [6, 6.07) is 9.84. The molecule has 0 bridgehead atoms. The maximum Gasteiger partial charge on any atom is 0.254 e. The second-order valence-electron chi connectivity index (χ2n) is 6.08. The van der Waals surface area contributed by atoms with Crippen molar-refractivity contribution >= 4 is 11.7 Å². The Morgan fingerprint density at radius 2 is 2.33 bits per heavy atom. The van der Waals surface area contributed by atoms with Crippen LogP contribution in [0.4, 0.5) is 5.82 Å². The summed E-state index contributed by atoms with van der Waals surface area (Å²) < 4.78 is 11.1. The topological polar surface area (TPSA) is 76.2 Å². The second kappa shape index (κ2) is 7.59. The van der Waals surface area contributed by atoms with Gasteiger partial charge in [0.2, 0.25) is 0 Å². The minimum Gasteiger partial charge on any atom is -0.376 e. The summed E-state index contributed by atoms with van der Waals surface area (Å²) in [6.07, 6.45) is 1.61. The van der Waals surface area contributed by atoms with Gasteiger partial charge in [0, 0.05) is 18.2 Å². The lowest BCUT2D eigenvalue weighted by molar-refractivity contribution is -0.128. The smallest absolute Gasteiger partial charge is 0.254 e. The third-order valence-electron chi connectivity index (χ3n) is 4.19. The van der Waals surface area contributed by atoms with Crippen LogP contribution >= 0.6 is 0 Å². The predicted molar refractivity (Wildman–Crippen MR) is 91.8 cm³/mol. The van der Waals surface area contributed by atoms with Gasteiger partial charge in [-0.05, 0) is 32.3 Å². The van der Waals surface area contributed by atoms with E-state index in [1.807, 2.05) is 37.3 Å². The summed E-state index contributed by atoms with van der Waals surface area (Å²) >= 11 is 0. The van der Waals surface area contributed by atoms with E-state index in [2.05, 4.69) is 15.5 Å². The lowest BCUT2D eigenvalue weighted by atomic mass is 10.1. The third-order valence-corrected chi connectivity index (χ3v) is 4.19. The highest BCUT2D eigenvalue weighted by Crippen LogP contribution is 2.23. The second-order valence-corrected chi connectivity index (χ2v) is 6.08. The first-order valence-corrected chi connectivity index (χ1v) is 8.29. The van der Waals surface area contributed by atoms with Crippen molar-refractivity contribution in [3.8, 4) is 11.3 Å². The highest BCUT2D eigenvalue weighted by molar-refractivity contribution is 5.93. The zero-order valence-corrected chi connectivity index (χ0v) is 14.0. The number of anilines is 1. The molecule has 0 spiro atoms. The summed E-state index contributed by atoms with van der Waals surface area (Å²) in [7, 11) is 0. The number of amides is 1. The van der Waals surface area contributed by atoms with Gasteiger partial charge in [-0.25, -0.2) is 0 Å². The van der Waals surface area contributed by atoms with Gasteiger partial charge in [-0.2, -0.15) is 5.10 Å². The molecule has 128 valence electrons. The molecule has 0 radical (unpaired) electrons. The molecule has 1 saturated heterocycles. The minimum atomic E-state index is -0.548. The van der Waals surface area contributed by atoms with E-state index in [-0.39, 0.29) is 12.0 Å². The van der Waals surface area contributed by atoms with Gasteiger partial charge in [0.05, 0.1) is 18.4 Å². The summed E-state index contributed by atoms with van der Waals surface area (Å²) in [5.41, 5.74) is 3.08. The van der Waals surface area contributed by atoms with Gasteiger partial charge in [0.1, 0.15) is 6.10 Å². The number of nitrogens with zero attached hydrogens (tertiary/aromatic N) is 1. The number of hydrogen-bond acceptors (Lipinski definition) is 4. The predicted octanol–water partition coefficient (Wildman–Crippen LogP) is 2.91. The van der Waals surface area contributed by atoms with Crippen LogP contribution in [-0.4, -0.2) is 41.5 Å². The molecular formula is C18H23N3O3. The number of H-pyrrole nitrogens is 1. The van der Waals surface area contributed by atoms with Crippen molar-refractivity contribution in [2.45, 2.75) is 38.9 Å². The standard InChI is InChI=1S/C18H23N3O3/c1-12-6-3-4-8-15(12)16-10-17(21-20-16)19-18(22)13(2)24-11-14-7-5-9-23-14/h3-4,6,8,10,13-14H,5,7,9,11H2,1-2H3,(H2,19,20,21,22). The van der Waals surface area contributed by atoms with Gasteiger partial charge < -0.3 is 14.8 Å². The van der Waals surface area contributed by atoms with E-state index in [0.29, 0.717) is 12.4 Å². The van der Waals surface area contributed by atoms with Crippen molar-refractivity contribution in [1.29, 1.82) is 0 Å². The summed E-state index contributed by atoms with van der Waals surface area (Å²) in [5, 5.41) is 9.89. The van der Waals surface area contributed by atoms with Crippen molar-refractivity contribution in [1.82, 2.24) is 10.2 Å².